The second-order valence-electron chi connectivity index (χ2n) is 3.40. The van der Waals surface area contributed by atoms with Crippen LogP contribution in [0, 0.1) is 5.92 Å². The lowest BCUT2D eigenvalue weighted by molar-refractivity contribution is -0.200. The van der Waals surface area contributed by atoms with Gasteiger partial charge in [-0.05, 0) is 6.92 Å². The molecule has 0 amide bonds. The lowest BCUT2D eigenvalue weighted by Gasteiger charge is -2.39. The van der Waals surface area contributed by atoms with Crippen LogP contribution in [0.4, 0.5) is 0 Å². The predicted molar refractivity (Wildman–Crippen MR) is 42.6 cm³/mol. The van der Waals surface area contributed by atoms with Gasteiger partial charge in [0.15, 0.2) is 0 Å². The monoisotopic (exact) mass is 176 g/mol. The van der Waals surface area contributed by atoms with Crippen LogP contribution in [0.15, 0.2) is 0 Å². The normalized spacial score (nSPS) is 49.2. The Morgan fingerprint density at radius 2 is 1.75 bits per heavy atom. The summed E-state index contributed by atoms with van der Waals surface area (Å²) in [6.45, 7) is 3.38. The average molecular weight is 176 g/mol. The Labute approximate surface area is 71.8 Å². The highest BCUT2D eigenvalue weighted by molar-refractivity contribution is 4.87. The van der Waals surface area contributed by atoms with Gasteiger partial charge in [-0.1, -0.05) is 6.92 Å². The standard InChI is InChI=1S/C8H16O4/c1-4-5(2)12-6(3-9)8(11)7(4)10/h4-11H,3H2,1-2H3/t4-,5?,6+,7+,8-/m0/s1. The third-order valence-electron chi connectivity index (χ3n) is 2.58. The van der Waals surface area contributed by atoms with Gasteiger partial charge in [0.1, 0.15) is 12.2 Å². The van der Waals surface area contributed by atoms with Gasteiger partial charge in [-0.15, -0.1) is 0 Å². The zero-order valence-electron chi connectivity index (χ0n) is 7.34. The SMILES string of the molecule is CC1O[C@H](CO)[C@H](O)[C@H](O)[C@H]1C. The number of rotatable bonds is 1. The number of aliphatic hydroxyl groups is 3. The number of hydrogen-bond donors (Lipinski definition) is 3. The van der Waals surface area contributed by atoms with E-state index in [1.807, 2.05) is 13.8 Å². The fourth-order valence-corrected chi connectivity index (χ4v) is 1.44. The first kappa shape index (κ1) is 9.92. The first-order valence-electron chi connectivity index (χ1n) is 4.20. The van der Waals surface area contributed by atoms with Gasteiger partial charge in [0.25, 0.3) is 0 Å². The molecule has 0 aromatic heterocycles. The minimum absolute atomic E-state index is 0.0946. The van der Waals surface area contributed by atoms with Crippen LogP contribution in [0.25, 0.3) is 0 Å². The average Bonchev–Trinajstić information content (AvgIpc) is 2.08. The van der Waals surface area contributed by atoms with Gasteiger partial charge < -0.3 is 20.1 Å². The number of ether oxygens (including phenoxy) is 1. The molecule has 1 unspecified atom stereocenters. The molecule has 4 heteroatoms. The second-order valence-corrected chi connectivity index (χ2v) is 3.40. The van der Waals surface area contributed by atoms with E-state index in [-0.39, 0.29) is 18.6 Å². The van der Waals surface area contributed by atoms with Crippen molar-refractivity contribution in [1.29, 1.82) is 0 Å². The molecule has 1 aliphatic rings. The number of hydrogen-bond acceptors (Lipinski definition) is 4. The Morgan fingerprint density at radius 1 is 1.17 bits per heavy atom. The molecule has 0 aromatic rings. The van der Waals surface area contributed by atoms with E-state index < -0.39 is 18.3 Å². The largest absolute Gasteiger partial charge is 0.394 e. The Balaban J connectivity index is 2.63. The van der Waals surface area contributed by atoms with Crippen molar-refractivity contribution < 1.29 is 20.1 Å². The molecule has 1 saturated heterocycles. The van der Waals surface area contributed by atoms with E-state index >= 15 is 0 Å². The van der Waals surface area contributed by atoms with Crippen molar-refractivity contribution in [1.82, 2.24) is 0 Å². The first-order chi connectivity index (χ1) is 5.57. The maximum absolute atomic E-state index is 9.48. The van der Waals surface area contributed by atoms with Crippen LogP contribution in [-0.4, -0.2) is 46.3 Å². The summed E-state index contributed by atoms with van der Waals surface area (Å²) < 4.78 is 5.27. The molecule has 5 atom stereocenters. The first-order valence-corrected chi connectivity index (χ1v) is 4.20. The van der Waals surface area contributed by atoms with Gasteiger partial charge >= 0.3 is 0 Å². The van der Waals surface area contributed by atoms with E-state index in [0.29, 0.717) is 0 Å². The quantitative estimate of drug-likeness (QED) is 0.485. The highest BCUT2D eigenvalue weighted by Gasteiger charge is 2.39. The van der Waals surface area contributed by atoms with Crippen LogP contribution >= 0.6 is 0 Å². The third kappa shape index (κ3) is 1.61. The predicted octanol–water partition coefficient (Wildman–Crippen LogP) is -0.876. The fourth-order valence-electron chi connectivity index (χ4n) is 1.44. The summed E-state index contributed by atoms with van der Waals surface area (Å²) in [6, 6.07) is 0. The van der Waals surface area contributed by atoms with Crippen molar-refractivity contribution in [2.75, 3.05) is 6.61 Å². The van der Waals surface area contributed by atoms with Gasteiger partial charge in [0.05, 0.1) is 18.8 Å². The molecule has 1 fully saturated rings. The Morgan fingerprint density at radius 3 is 2.25 bits per heavy atom. The molecule has 0 spiro atoms. The van der Waals surface area contributed by atoms with Gasteiger partial charge in [-0.3, -0.25) is 0 Å². The topological polar surface area (TPSA) is 69.9 Å². The summed E-state index contributed by atoms with van der Waals surface area (Å²) in [5.41, 5.74) is 0. The van der Waals surface area contributed by atoms with E-state index in [1.54, 1.807) is 0 Å². The maximum atomic E-state index is 9.48. The van der Waals surface area contributed by atoms with E-state index in [9.17, 15) is 10.2 Å². The van der Waals surface area contributed by atoms with E-state index in [1.165, 1.54) is 0 Å². The van der Waals surface area contributed by atoms with E-state index in [4.69, 9.17) is 9.84 Å². The molecular weight excluding hydrogens is 160 g/mol. The third-order valence-corrected chi connectivity index (χ3v) is 2.58. The zero-order chi connectivity index (χ0) is 9.30. The summed E-state index contributed by atoms with van der Waals surface area (Å²) in [4.78, 5) is 0. The highest BCUT2D eigenvalue weighted by Crippen LogP contribution is 2.25. The lowest BCUT2D eigenvalue weighted by atomic mass is 9.89. The zero-order valence-corrected chi connectivity index (χ0v) is 7.34. The van der Waals surface area contributed by atoms with Crippen LogP contribution in [0.1, 0.15) is 13.8 Å². The van der Waals surface area contributed by atoms with Gasteiger partial charge in [0, 0.05) is 5.92 Å². The highest BCUT2D eigenvalue weighted by atomic mass is 16.5. The molecule has 1 aliphatic heterocycles. The minimum atomic E-state index is -0.971. The van der Waals surface area contributed by atoms with Crippen molar-refractivity contribution in [3.63, 3.8) is 0 Å². The summed E-state index contributed by atoms with van der Waals surface area (Å²) in [7, 11) is 0. The van der Waals surface area contributed by atoms with Crippen LogP contribution in [-0.2, 0) is 4.74 Å². The molecule has 3 N–H and O–H groups in total. The van der Waals surface area contributed by atoms with Crippen LogP contribution < -0.4 is 0 Å². The van der Waals surface area contributed by atoms with E-state index in [0.717, 1.165) is 0 Å². The summed E-state index contributed by atoms with van der Waals surface area (Å²) in [5.74, 6) is -0.0946. The van der Waals surface area contributed by atoms with Crippen LogP contribution in [0.5, 0.6) is 0 Å². The summed E-state index contributed by atoms with van der Waals surface area (Å²) in [6.07, 6.45) is -2.54. The number of aliphatic hydroxyl groups excluding tert-OH is 3. The Kier molecular flexibility index (Phi) is 3.06. The molecular formula is C8H16O4. The summed E-state index contributed by atoms with van der Waals surface area (Å²) in [5, 5.41) is 27.7. The van der Waals surface area contributed by atoms with Crippen molar-refractivity contribution in [3.05, 3.63) is 0 Å². The fraction of sp³-hybridized carbons (Fsp3) is 1.00. The van der Waals surface area contributed by atoms with Gasteiger partial charge in [-0.25, -0.2) is 0 Å². The molecule has 72 valence electrons. The van der Waals surface area contributed by atoms with Crippen molar-refractivity contribution in [2.45, 2.75) is 38.3 Å². The van der Waals surface area contributed by atoms with Crippen molar-refractivity contribution in [2.24, 2.45) is 5.92 Å². The molecule has 0 aliphatic carbocycles. The smallest absolute Gasteiger partial charge is 0.109 e. The van der Waals surface area contributed by atoms with Crippen LogP contribution in [0.2, 0.25) is 0 Å². The minimum Gasteiger partial charge on any atom is -0.394 e. The molecule has 1 rings (SSSR count). The van der Waals surface area contributed by atoms with Crippen molar-refractivity contribution >= 4 is 0 Å². The lowest BCUT2D eigenvalue weighted by Crippen LogP contribution is -2.53. The molecule has 0 bridgehead atoms. The van der Waals surface area contributed by atoms with Crippen molar-refractivity contribution in [3.8, 4) is 0 Å². The van der Waals surface area contributed by atoms with Crippen LogP contribution in [0.3, 0.4) is 0 Å². The molecule has 1 heterocycles. The van der Waals surface area contributed by atoms with Gasteiger partial charge in [0.2, 0.25) is 0 Å². The molecule has 4 nitrogen and oxygen atoms in total. The molecule has 12 heavy (non-hydrogen) atoms. The second kappa shape index (κ2) is 3.70. The maximum Gasteiger partial charge on any atom is 0.109 e. The molecule has 0 radical (unpaired) electrons. The van der Waals surface area contributed by atoms with E-state index in [2.05, 4.69) is 0 Å². The molecule has 0 saturated carbocycles. The van der Waals surface area contributed by atoms with Gasteiger partial charge in [-0.2, -0.15) is 0 Å². The Hall–Kier alpha value is -0.160. The molecule has 0 aromatic carbocycles. The summed E-state index contributed by atoms with van der Waals surface area (Å²) >= 11 is 0. The Bertz CT molecular complexity index is 145.